The van der Waals surface area contributed by atoms with E-state index >= 15 is 0 Å². The summed E-state index contributed by atoms with van der Waals surface area (Å²) in [6.45, 7) is 2.95. The third kappa shape index (κ3) is 3.71. The van der Waals surface area contributed by atoms with Gasteiger partial charge in [0, 0.05) is 0 Å². The summed E-state index contributed by atoms with van der Waals surface area (Å²) in [5.41, 5.74) is 2.17. The van der Waals surface area contributed by atoms with Crippen LogP contribution >= 0.6 is 0 Å². The van der Waals surface area contributed by atoms with E-state index < -0.39 is 0 Å². The number of benzene rings is 1. The molecule has 2 rings (SSSR count). The molecule has 0 aromatic heterocycles. The Labute approximate surface area is 101 Å². The quantitative estimate of drug-likeness (QED) is 0.591. The highest BCUT2D eigenvalue weighted by atomic mass is 16.5. The average molecular weight is 232 g/mol. The molecular weight excluding hydrogens is 216 g/mol. The van der Waals surface area contributed by atoms with Gasteiger partial charge in [-0.05, 0) is 18.1 Å². The first-order valence-electron chi connectivity index (χ1n) is 5.72. The van der Waals surface area contributed by atoms with E-state index in [1.807, 2.05) is 43.3 Å². The minimum Gasteiger partial charge on any atom is -0.461 e. The van der Waals surface area contributed by atoms with Gasteiger partial charge in [0.1, 0.15) is 6.61 Å². The predicted molar refractivity (Wildman–Crippen MR) is 64.4 cm³/mol. The first-order valence-corrected chi connectivity index (χ1v) is 5.72. The van der Waals surface area contributed by atoms with E-state index in [2.05, 4.69) is 0 Å². The second kappa shape index (κ2) is 5.64. The van der Waals surface area contributed by atoms with E-state index in [4.69, 9.17) is 9.47 Å². The zero-order chi connectivity index (χ0) is 12.1. The monoisotopic (exact) mass is 232 g/mol. The topological polar surface area (TPSA) is 35.5 Å². The molecule has 1 aromatic carbocycles. The van der Waals surface area contributed by atoms with Gasteiger partial charge in [0.2, 0.25) is 0 Å². The normalized spacial score (nSPS) is 18.9. The van der Waals surface area contributed by atoms with Crippen molar-refractivity contribution in [3.05, 3.63) is 47.5 Å². The van der Waals surface area contributed by atoms with Gasteiger partial charge in [0.05, 0.1) is 19.1 Å². The summed E-state index contributed by atoms with van der Waals surface area (Å²) in [6.07, 6.45) is 2.16. The summed E-state index contributed by atoms with van der Waals surface area (Å²) < 4.78 is 10.6. The molecular formula is C14H16O3. The van der Waals surface area contributed by atoms with Gasteiger partial charge in [-0.25, -0.2) is 0 Å². The summed E-state index contributed by atoms with van der Waals surface area (Å²) in [4.78, 5) is 11.5. The molecule has 0 radical (unpaired) electrons. The van der Waals surface area contributed by atoms with Crippen molar-refractivity contribution in [3.63, 3.8) is 0 Å². The zero-order valence-electron chi connectivity index (χ0n) is 9.89. The van der Waals surface area contributed by atoms with Gasteiger partial charge < -0.3 is 9.47 Å². The van der Waals surface area contributed by atoms with E-state index in [9.17, 15) is 4.79 Å². The lowest BCUT2D eigenvalue weighted by molar-refractivity contribution is -0.147. The molecule has 0 bridgehead atoms. The molecule has 0 N–H and O–H groups in total. The standard InChI is InChI=1S/C14H16O3/c1-11-7-13(16-9-11)8-14(15)17-10-12-5-3-2-4-6-12/h2-7,13H,8-10H2,1H3. The van der Waals surface area contributed by atoms with Crippen LogP contribution in [0, 0.1) is 0 Å². The molecule has 0 aliphatic carbocycles. The number of carbonyl (C=O) groups is 1. The average Bonchev–Trinajstić information content (AvgIpc) is 2.73. The van der Waals surface area contributed by atoms with Crippen molar-refractivity contribution in [3.8, 4) is 0 Å². The molecule has 1 aromatic rings. The van der Waals surface area contributed by atoms with Gasteiger partial charge >= 0.3 is 5.97 Å². The number of carbonyl (C=O) groups excluding carboxylic acids is 1. The maximum absolute atomic E-state index is 11.5. The molecule has 0 amide bonds. The Bertz CT molecular complexity index is 409. The fourth-order valence-corrected chi connectivity index (χ4v) is 1.73. The molecule has 0 fully saturated rings. The zero-order valence-corrected chi connectivity index (χ0v) is 9.89. The van der Waals surface area contributed by atoms with Crippen LogP contribution in [0.5, 0.6) is 0 Å². The molecule has 0 spiro atoms. The van der Waals surface area contributed by atoms with Gasteiger partial charge in [0.15, 0.2) is 0 Å². The molecule has 3 heteroatoms. The van der Waals surface area contributed by atoms with Gasteiger partial charge in [-0.2, -0.15) is 0 Å². The third-order valence-corrected chi connectivity index (χ3v) is 2.61. The fraction of sp³-hybridized carbons (Fsp3) is 0.357. The Kier molecular flexibility index (Phi) is 3.94. The fourth-order valence-electron chi connectivity index (χ4n) is 1.73. The van der Waals surface area contributed by atoms with Gasteiger partial charge in [-0.1, -0.05) is 36.4 Å². The first-order chi connectivity index (χ1) is 8.24. The molecule has 1 aliphatic rings. The van der Waals surface area contributed by atoms with Gasteiger partial charge in [-0.3, -0.25) is 4.79 Å². The lowest BCUT2D eigenvalue weighted by Crippen LogP contribution is -2.14. The molecule has 90 valence electrons. The van der Waals surface area contributed by atoms with Crippen LogP contribution < -0.4 is 0 Å². The van der Waals surface area contributed by atoms with Crippen LogP contribution in [0.2, 0.25) is 0 Å². The lowest BCUT2D eigenvalue weighted by atomic mass is 10.2. The Balaban J connectivity index is 1.75. The summed E-state index contributed by atoms with van der Waals surface area (Å²) in [7, 11) is 0. The Hall–Kier alpha value is -1.61. The van der Waals surface area contributed by atoms with Crippen LogP contribution in [0.1, 0.15) is 18.9 Å². The number of hydrogen-bond acceptors (Lipinski definition) is 3. The van der Waals surface area contributed by atoms with E-state index in [1.54, 1.807) is 0 Å². The van der Waals surface area contributed by atoms with Crippen LogP contribution in [0.15, 0.2) is 42.0 Å². The lowest BCUT2D eigenvalue weighted by Gasteiger charge is -2.08. The van der Waals surface area contributed by atoms with Gasteiger partial charge in [-0.15, -0.1) is 0 Å². The highest BCUT2D eigenvalue weighted by Crippen LogP contribution is 2.14. The second-order valence-electron chi connectivity index (χ2n) is 4.21. The highest BCUT2D eigenvalue weighted by Gasteiger charge is 2.18. The molecule has 0 saturated carbocycles. The molecule has 1 atom stereocenters. The molecule has 1 unspecified atom stereocenters. The third-order valence-electron chi connectivity index (χ3n) is 2.61. The second-order valence-corrected chi connectivity index (χ2v) is 4.21. The summed E-state index contributed by atoms with van der Waals surface area (Å²) in [5.74, 6) is -0.218. The largest absolute Gasteiger partial charge is 0.461 e. The Morgan fingerprint density at radius 3 is 2.82 bits per heavy atom. The van der Waals surface area contributed by atoms with Crippen molar-refractivity contribution < 1.29 is 14.3 Å². The molecule has 3 nitrogen and oxygen atoms in total. The highest BCUT2D eigenvalue weighted by molar-refractivity contribution is 5.70. The first kappa shape index (κ1) is 11.9. The van der Waals surface area contributed by atoms with Crippen LogP contribution in [0.3, 0.4) is 0 Å². The van der Waals surface area contributed by atoms with Crippen LogP contribution in [0.25, 0.3) is 0 Å². The Morgan fingerprint density at radius 1 is 1.41 bits per heavy atom. The summed E-state index contributed by atoms with van der Waals surface area (Å²) >= 11 is 0. The van der Waals surface area contributed by atoms with E-state index in [0.717, 1.165) is 5.56 Å². The van der Waals surface area contributed by atoms with Crippen LogP contribution in [0.4, 0.5) is 0 Å². The van der Waals surface area contributed by atoms with E-state index in [1.165, 1.54) is 5.57 Å². The minimum absolute atomic E-state index is 0.113. The smallest absolute Gasteiger partial charge is 0.309 e. The molecule has 1 aliphatic heterocycles. The van der Waals surface area contributed by atoms with Crippen molar-refractivity contribution in [2.75, 3.05) is 6.61 Å². The van der Waals surface area contributed by atoms with Crippen molar-refractivity contribution in [1.82, 2.24) is 0 Å². The molecule has 0 saturated heterocycles. The predicted octanol–water partition coefficient (Wildman–Crippen LogP) is 2.47. The van der Waals surface area contributed by atoms with Crippen molar-refractivity contribution in [2.45, 2.75) is 26.1 Å². The van der Waals surface area contributed by atoms with Crippen molar-refractivity contribution in [2.24, 2.45) is 0 Å². The van der Waals surface area contributed by atoms with Crippen LogP contribution in [-0.4, -0.2) is 18.7 Å². The number of hydrogen-bond donors (Lipinski definition) is 0. The summed E-state index contributed by atoms with van der Waals surface area (Å²) in [5, 5.41) is 0. The maximum Gasteiger partial charge on any atom is 0.309 e. The van der Waals surface area contributed by atoms with E-state index in [0.29, 0.717) is 19.6 Å². The number of rotatable bonds is 4. The van der Waals surface area contributed by atoms with E-state index in [-0.39, 0.29) is 12.1 Å². The van der Waals surface area contributed by atoms with Crippen molar-refractivity contribution >= 4 is 5.97 Å². The Morgan fingerprint density at radius 2 is 2.18 bits per heavy atom. The molecule has 17 heavy (non-hydrogen) atoms. The molecule has 1 heterocycles. The van der Waals surface area contributed by atoms with Gasteiger partial charge in [0.25, 0.3) is 0 Å². The minimum atomic E-state index is -0.218. The van der Waals surface area contributed by atoms with Crippen molar-refractivity contribution in [1.29, 1.82) is 0 Å². The maximum atomic E-state index is 11.5. The number of esters is 1. The number of ether oxygens (including phenoxy) is 2. The summed E-state index contributed by atoms with van der Waals surface area (Å²) in [6, 6.07) is 9.66. The van der Waals surface area contributed by atoms with Crippen LogP contribution in [-0.2, 0) is 20.9 Å². The SMILES string of the molecule is CC1=CC(CC(=O)OCc2ccccc2)OC1.